The zero-order chi connectivity index (χ0) is 21.4. The van der Waals surface area contributed by atoms with Gasteiger partial charge in [-0.2, -0.15) is 0 Å². The fourth-order valence-electron chi connectivity index (χ4n) is 3.91. The molecule has 0 radical (unpaired) electrons. The lowest BCUT2D eigenvalue weighted by molar-refractivity contribution is 0.147. The Kier molecular flexibility index (Phi) is 11.0. The number of hydrogen-bond acceptors (Lipinski definition) is 4. The number of likely N-dealkylation sites (tertiary alicyclic amines) is 1. The minimum Gasteiger partial charge on any atom is -0.357 e. The smallest absolute Gasteiger partial charge is 0.240 e. The highest BCUT2D eigenvalue weighted by molar-refractivity contribution is 14.0. The number of hydrogen-bond donors (Lipinski definition) is 3. The van der Waals surface area contributed by atoms with Gasteiger partial charge in [0.25, 0.3) is 0 Å². The normalized spacial score (nSPS) is 20.2. The zero-order valence-corrected chi connectivity index (χ0v) is 21.9. The van der Waals surface area contributed by atoms with Gasteiger partial charge in [0, 0.05) is 31.7 Å². The fraction of sp³-hybridized carbons (Fsp3) is 0.682. The van der Waals surface area contributed by atoms with Crippen LogP contribution < -0.4 is 15.4 Å². The van der Waals surface area contributed by atoms with Crippen LogP contribution >= 0.6 is 24.0 Å². The largest absolute Gasteiger partial charge is 0.357 e. The van der Waals surface area contributed by atoms with E-state index in [2.05, 4.69) is 39.1 Å². The lowest BCUT2D eigenvalue weighted by Gasteiger charge is -2.35. The first-order valence-corrected chi connectivity index (χ1v) is 12.9. The highest BCUT2D eigenvalue weighted by atomic mass is 127. The van der Waals surface area contributed by atoms with Crippen LogP contribution in [0.5, 0.6) is 0 Å². The fourth-order valence-corrected chi connectivity index (χ4v) is 5.21. The van der Waals surface area contributed by atoms with Gasteiger partial charge in [-0.1, -0.05) is 25.5 Å². The molecular formula is C22H38IN5O2S. The minimum atomic E-state index is -3.40. The molecule has 1 aliphatic carbocycles. The molecule has 0 aromatic heterocycles. The number of benzene rings is 1. The summed E-state index contributed by atoms with van der Waals surface area (Å²) in [6.45, 7) is 8.74. The van der Waals surface area contributed by atoms with Crippen molar-refractivity contribution < 1.29 is 8.42 Å². The molecule has 1 aliphatic heterocycles. The summed E-state index contributed by atoms with van der Waals surface area (Å²) in [7, 11) is -3.40. The van der Waals surface area contributed by atoms with E-state index in [0.717, 1.165) is 44.0 Å². The van der Waals surface area contributed by atoms with Crippen LogP contribution in [0, 0.1) is 0 Å². The Labute approximate surface area is 204 Å². The summed E-state index contributed by atoms with van der Waals surface area (Å²) in [5, 5.41) is 6.73. The van der Waals surface area contributed by atoms with E-state index in [0.29, 0.717) is 17.5 Å². The maximum Gasteiger partial charge on any atom is 0.240 e. The highest BCUT2D eigenvalue weighted by Gasteiger charge is 2.27. The van der Waals surface area contributed by atoms with Crippen LogP contribution in [0.1, 0.15) is 57.9 Å². The molecule has 0 spiro atoms. The van der Waals surface area contributed by atoms with E-state index in [4.69, 9.17) is 0 Å². The van der Waals surface area contributed by atoms with Gasteiger partial charge in [-0.25, -0.2) is 18.1 Å². The van der Waals surface area contributed by atoms with Gasteiger partial charge in [0.15, 0.2) is 5.96 Å². The zero-order valence-electron chi connectivity index (χ0n) is 18.8. The third kappa shape index (κ3) is 8.51. The number of halogens is 1. The summed E-state index contributed by atoms with van der Waals surface area (Å²) < 4.78 is 27.3. The second-order valence-electron chi connectivity index (χ2n) is 8.26. The predicted molar refractivity (Wildman–Crippen MR) is 138 cm³/mol. The van der Waals surface area contributed by atoms with E-state index in [-0.39, 0.29) is 30.0 Å². The lowest BCUT2D eigenvalue weighted by atomic mass is 10.0. The van der Waals surface area contributed by atoms with E-state index in [1.165, 1.54) is 32.2 Å². The number of rotatable bonds is 10. The lowest BCUT2D eigenvalue weighted by Crippen LogP contribution is -2.45. The molecule has 1 saturated carbocycles. The molecule has 31 heavy (non-hydrogen) atoms. The molecule has 9 heteroatoms. The average Bonchev–Trinajstić information content (AvgIpc) is 3.56. The summed E-state index contributed by atoms with van der Waals surface area (Å²) >= 11 is 0. The third-order valence-corrected chi connectivity index (χ3v) is 7.34. The Morgan fingerprint density at radius 2 is 1.84 bits per heavy atom. The molecule has 0 amide bonds. The third-order valence-electron chi connectivity index (χ3n) is 5.81. The maximum atomic E-state index is 12.3. The minimum absolute atomic E-state index is 0. The second-order valence-corrected chi connectivity index (χ2v) is 9.97. The standard InChI is InChI=1S/C22H37N5O2S.HI/c1-3-20-7-5-6-15-27(20)16-14-24-22(23-4-2)25-17-18-8-12-21(13-9-18)30(28,29)26-19-10-11-19;/h8-9,12-13,19-20,26H,3-7,10-11,14-17H2,1-2H3,(H2,23,24,25);1H. The van der Waals surface area contributed by atoms with E-state index in [1.807, 2.05) is 12.1 Å². The van der Waals surface area contributed by atoms with Crippen LogP contribution in [0.4, 0.5) is 0 Å². The van der Waals surface area contributed by atoms with Crippen LogP contribution in [0.3, 0.4) is 0 Å². The molecule has 3 N–H and O–H groups in total. The van der Waals surface area contributed by atoms with Crippen molar-refractivity contribution in [3.8, 4) is 0 Å². The molecule has 0 bridgehead atoms. The topological polar surface area (TPSA) is 85.8 Å². The molecule has 7 nitrogen and oxygen atoms in total. The van der Waals surface area contributed by atoms with Gasteiger partial charge in [-0.3, -0.25) is 4.90 Å². The average molecular weight is 564 g/mol. The summed E-state index contributed by atoms with van der Waals surface area (Å²) in [4.78, 5) is 7.58. The Morgan fingerprint density at radius 1 is 1.10 bits per heavy atom. The van der Waals surface area contributed by atoms with Crippen LogP contribution in [0.15, 0.2) is 34.2 Å². The molecule has 1 atom stereocenters. The number of sulfonamides is 1. The van der Waals surface area contributed by atoms with Crippen molar-refractivity contribution in [1.29, 1.82) is 0 Å². The SMILES string of the molecule is CCNC(=NCc1ccc(S(=O)(=O)NC2CC2)cc1)NCCN1CCCCC1CC.I. The number of piperidine rings is 1. The van der Waals surface area contributed by atoms with E-state index in [9.17, 15) is 8.42 Å². The van der Waals surface area contributed by atoms with Crippen LogP contribution in [0.2, 0.25) is 0 Å². The molecule has 1 aromatic rings. The van der Waals surface area contributed by atoms with Gasteiger partial charge >= 0.3 is 0 Å². The summed E-state index contributed by atoms with van der Waals surface area (Å²) in [6.07, 6.45) is 7.05. The number of aliphatic imine (C=N–C) groups is 1. The van der Waals surface area contributed by atoms with Gasteiger partial charge in [-0.15, -0.1) is 24.0 Å². The van der Waals surface area contributed by atoms with Gasteiger partial charge in [0.2, 0.25) is 10.0 Å². The Balaban J connectivity index is 0.00000341. The monoisotopic (exact) mass is 563 g/mol. The van der Waals surface area contributed by atoms with E-state index < -0.39 is 10.0 Å². The molecule has 1 saturated heterocycles. The maximum absolute atomic E-state index is 12.3. The summed E-state index contributed by atoms with van der Waals surface area (Å²) in [6, 6.07) is 7.84. The van der Waals surface area contributed by atoms with Crippen molar-refractivity contribution >= 4 is 40.0 Å². The van der Waals surface area contributed by atoms with Crippen LogP contribution in [-0.4, -0.2) is 57.5 Å². The van der Waals surface area contributed by atoms with Gasteiger partial charge in [0.1, 0.15) is 0 Å². The van der Waals surface area contributed by atoms with Crippen LogP contribution in [-0.2, 0) is 16.6 Å². The molecule has 176 valence electrons. The van der Waals surface area contributed by atoms with Crippen molar-refractivity contribution in [2.45, 2.75) is 75.9 Å². The van der Waals surface area contributed by atoms with Gasteiger partial charge < -0.3 is 10.6 Å². The van der Waals surface area contributed by atoms with Crippen molar-refractivity contribution in [3.05, 3.63) is 29.8 Å². The van der Waals surface area contributed by atoms with Crippen LogP contribution in [0.25, 0.3) is 0 Å². The molecule has 2 fully saturated rings. The van der Waals surface area contributed by atoms with E-state index >= 15 is 0 Å². The number of nitrogens with zero attached hydrogens (tertiary/aromatic N) is 2. The molecule has 1 unspecified atom stereocenters. The number of guanidine groups is 1. The van der Waals surface area contributed by atoms with Crippen molar-refractivity contribution in [2.75, 3.05) is 26.2 Å². The first-order chi connectivity index (χ1) is 14.5. The predicted octanol–water partition coefficient (Wildman–Crippen LogP) is 3.06. The Hall–Kier alpha value is -0.910. The second kappa shape index (κ2) is 13.0. The quantitative estimate of drug-likeness (QED) is 0.232. The molecule has 2 aliphatic rings. The Bertz CT molecular complexity index is 797. The molecule has 1 aromatic carbocycles. The molecule has 3 rings (SSSR count). The Morgan fingerprint density at radius 3 is 2.48 bits per heavy atom. The van der Waals surface area contributed by atoms with Crippen molar-refractivity contribution in [1.82, 2.24) is 20.3 Å². The highest BCUT2D eigenvalue weighted by Crippen LogP contribution is 2.22. The molecular weight excluding hydrogens is 525 g/mol. The first-order valence-electron chi connectivity index (χ1n) is 11.4. The van der Waals surface area contributed by atoms with Gasteiger partial charge in [0.05, 0.1) is 11.4 Å². The van der Waals surface area contributed by atoms with Crippen molar-refractivity contribution in [3.63, 3.8) is 0 Å². The van der Waals surface area contributed by atoms with Gasteiger partial charge in [-0.05, 0) is 63.3 Å². The molecule has 1 heterocycles. The summed E-state index contributed by atoms with van der Waals surface area (Å²) in [5.41, 5.74) is 0.986. The summed E-state index contributed by atoms with van der Waals surface area (Å²) in [5.74, 6) is 0.801. The van der Waals surface area contributed by atoms with Crippen molar-refractivity contribution in [2.24, 2.45) is 4.99 Å². The van der Waals surface area contributed by atoms with E-state index in [1.54, 1.807) is 12.1 Å². The first kappa shape index (κ1) is 26.3. The number of nitrogens with one attached hydrogen (secondary N) is 3.